The summed E-state index contributed by atoms with van der Waals surface area (Å²) in [5.74, 6) is 0.694. The molecule has 0 aliphatic carbocycles. The predicted octanol–water partition coefficient (Wildman–Crippen LogP) is 1.77. The SMILES string of the molecule is [CH2]COc1cccc(C#N)c1. The van der Waals surface area contributed by atoms with Crippen molar-refractivity contribution >= 4 is 0 Å². The van der Waals surface area contributed by atoms with E-state index < -0.39 is 0 Å². The quantitative estimate of drug-likeness (QED) is 0.637. The first kappa shape index (κ1) is 7.62. The Bertz CT molecular complexity index is 275. The van der Waals surface area contributed by atoms with Crippen molar-refractivity contribution in [1.82, 2.24) is 0 Å². The molecule has 1 radical (unpaired) electrons. The van der Waals surface area contributed by atoms with Crippen LogP contribution in [0.3, 0.4) is 0 Å². The molecule has 0 spiro atoms. The van der Waals surface area contributed by atoms with Gasteiger partial charge < -0.3 is 4.74 Å². The summed E-state index contributed by atoms with van der Waals surface area (Å²) in [5.41, 5.74) is 0.607. The minimum Gasteiger partial charge on any atom is -0.494 e. The summed E-state index contributed by atoms with van der Waals surface area (Å²) in [7, 11) is 0. The molecule has 0 saturated heterocycles. The molecule has 0 atom stereocenters. The van der Waals surface area contributed by atoms with Crippen LogP contribution in [0.25, 0.3) is 0 Å². The summed E-state index contributed by atoms with van der Waals surface area (Å²) < 4.78 is 5.09. The molecule has 1 aromatic rings. The van der Waals surface area contributed by atoms with Gasteiger partial charge in [-0.15, -0.1) is 0 Å². The van der Waals surface area contributed by atoms with Crippen molar-refractivity contribution in [3.8, 4) is 11.8 Å². The van der Waals surface area contributed by atoms with Crippen molar-refractivity contribution in [2.75, 3.05) is 6.61 Å². The Morgan fingerprint density at radius 1 is 1.55 bits per heavy atom. The zero-order chi connectivity index (χ0) is 8.10. The molecule has 0 amide bonds. The fraction of sp³-hybridized carbons (Fsp3) is 0.111. The Morgan fingerprint density at radius 2 is 2.36 bits per heavy atom. The van der Waals surface area contributed by atoms with Gasteiger partial charge in [-0.1, -0.05) is 6.07 Å². The molecule has 0 N–H and O–H groups in total. The van der Waals surface area contributed by atoms with Gasteiger partial charge in [0.15, 0.2) is 0 Å². The largest absolute Gasteiger partial charge is 0.494 e. The van der Waals surface area contributed by atoms with Gasteiger partial charge in [0.2, 0.25) is 0 Å². The molecule has 0 heterocycles. The number of hydrogen-bond donors (Lipinski definition) is 0. The molecule has 0 bridgehead atoms. The van der Waals surface area contributed by atoms with Gasteiger partial charge in [-0.05, 0) is 25.1 Å². The van der Waals surface area contributed by atoms with E-state index in [0.717, 1.165) is 0 Å². The van der Waals surface area contributed by atoms with Crippen molar-refractivity contribution in [1.29, 1.82) is 5.26 Å². The van der Waals surface area contributed by atoms with Gasteiger partial charge in [0.25, 0.3) is 0 Å². The fourth-order valence-corrected chi connectivity index (χ4v) is 0.773. The monoisotopic (exact) mass is 146 g/mol. The summed E-state index contributed by atoms with van der Waals surface area (Å²) in [6, 6.07) is 9.02. The number of hydrogen-bond acceptors (Lipinski definition) is 2. The second-order valence-corrected chi connectivity index (χ2v) is 1.99. The summed E-state index contributed by atoms with van der Waals surface area (Å²) >= 11 is 0. The van der Waals surface area contributed by atoms with Gasteiger partial charge in [0.1, 0.15) is 5.75 Å². The first-order chi connectivity index (χ1) is 5.36. The normalized spacial score (nSPS) is 8.73. The van der Waals surface area contributed by atoms with Crippen molar-refractivity contribution in [3.63, 3.8) is 0 Å². The average Bonchev–Trinajstić information content (AvgIpc) is 2.06. The zero-order valence-electron chi connectivity index (χ0n) is 6.08. The molecule has 55 valence electrons. The lowest BCUT2D eigenvalue weighted by Gasteiger charge is -2.00. The first-order valence-corrected chi connectivity index (χ1v) is 3.29. The highest BCUT2D eigenvalue weighted by atomic mass is 16.5. The van der Waals surface area contributed by atoms with Crippen LogP contribution in [0.2, 0.25) is 0 Å². The average molecular weight is 146 g/mol. The van der Waals surface area contributed by atoms with Crippen LogP contribution < -0.4 is 4.74 Å². The summed E-state index contributed by atoms with van der Waals surface area (Å²) in [6.07, 6.45) is 0. The minimum atomic E-state index is 0.384. The molecule has 2 nitrogen and oxygen atoms in total. The van der Waals surface area contributed by atoms with Gasteiger partial charge in [-0.3, -0.25) is 0 Å². The standard InChI is InChI=1S/C9H8NO/c1-2-11-9-5-3-4-8(6-9)7-10/h3-6H,1-2H2. The fourth-order valence-electron chi connectivity index (χ4n) is 0.773. The topological polar surface area (TPSA) is 33.0 Å². The van der Waals surface area contributed by atoms with Crippen LogP contribution in [0.4, 0.5) is 0 Å². The van der Waals surface area contributed by atoms with Crippen LogP contribution in [0.15, 0.2) is 24.3 Å². The summed E-state index contributed by atoms with van der Waals surface area (Å²) in [5, 5.41) is 8.51. The zero-order valence-corrected chi connectivity index (χ0v) is 6.08. The highest BCUT2D eigenvalue weighted by Crippen LogP contribution is 2.11. The van der Waals surface area contributed by atoms with Crippen molar-refractivity contribution in [2.24, 2.45) is 0 Å². The molecule has 1 rings (SSSR count). The van der Waals surface area contributed by atoms with Gasteiger partial charge in [0.05, 0.1) is 18.2 Å². The van der Waals surface area contributed by atoms with Crippen LogP contribution in [0.1, 0.15) is 5.56 Å². The molecule has 0 aromatic heterocycles. The van der Waals surface area contributed by atoms with Crippen LogP contribution >= 0.6 is 0 Å². The number of rotatable bonds is 2. The molecule has 0 aliphatic rings. The molecule has 1 aromatic carbocycles. The molecule has 2 heteroatoms. The van der Waals surface area contributed by atoms with Crippen LogP contribution in [0.5, 0.6) is 5.75 Å². The van der Waals surface area contributed by atoms with E-state index in [0.29, 0.717) is 17.9 Å². The molecule has 11 heavy (non-hydrogen) atoms. The van der Waals surface area contributed by atoms with Gasteiger partial charge >= 0.3 is 0 Å². The van der Waals surface area contributed by atoms with E-state index in [2.05, 4.69) is 6.92 Å². The number of nitriles is 1. The Morgan fingerprint density at radius 3 is 3.00 bits per heavy atom. The Kier molecular flexibility index (Phi) is 2.51. The molecule has 0 aliphatic heterocycles. The molecule has 0 fully saturated rings. The second-order valence-electron chi connectivity index (χ2n) is 1.99. The summed E-state index contributed by atoms with van der Waals surface area (Å²) in [6.45, 7) is 3.92. The lowest BCUT2D eigenvalue weighted by molar-refractivity contribution is 0.361. The van der Waals surface area contributed by atoms with Crippen molar-refractivity contribution in [2.45, 2.75) is 0 Å². The second kappa shape index (κ2) is 3.62. The maximum Gasteiger partial charge on any atom is 0.120 e. The lowest BCUT2D eigenvalue weighted by Crippen LogP contribution is -1.91. The highest BCUT2D eigenvalue weighted by molar-refractivity contribution is 5.36. The van der Waals surface area contributed by atoms with Gasteiger partial charge in [0, 0.05) is 0 Å². The minimum absolute atomic E-state index is 0.384. The van der Waals surface area contributed by atoms with E-state index in [1.807, 2.05) is 6.07 Å². The third-order valence-electron chi connectivity index (χ3n) is 1.23. The molecular formula is C9H8NO. The van der Waals surface area contributed by atoms with Crippen LogP contribution in [-0.2, 0) is 0 Å². The van der Waals surface area contributed by atoms with E-state index in [1.165, 1.54) is 0 Å². The van der Waals surface area contributed by atoms with E-state index in [1.54, 1.807) is 24.3 Å². The van der Waals surface area contributed by atoms with Crippen LogP contribution in [0, 0.1) is 18.3 Å². The molecule has 0 unspecified atom stereocenters. The maximum absolute atomic E-state index is 8.51. The van der Waals surface area contributed by atoms with Gasteiger partial charge in [-0.25, -0.2) is 0 Å². The van der Waals surface area contributed by atoms with E-state index in [-0.39, 0.29) is 0 Å². The predicted molar refractivity (Wildman–Crippen MR) is 42.0 cm³/mol. The molecular weight excluding hydrogens is 138 g/mol. The first-order valence-electron chi connectivity index (χ1n) is 3.29. The maximum atomic E-state index is 8.51. The van der Waals surface area contributed by atoms with Crippen LogP contribution in [-0.4, -0.2) is 6.61 Å². The van der Waals surface area contributed by atoms with Crippen molar-refractivity contribution < 1.29 is 4.74 Å². The number of ether oxygens (including phenoxy) is 1. The number of benzene rings is 1. The third kappa shape index (κ3) is 1.98. The smallest absolute Gasteiger partial charge is 0.120 e. The lowest BCUT2D eigenvalue weighted by atomic mass is 10.2. The van der Waals surface area contributed by atoms with Gasteiger partial charge in [-0.2, -0.15) is 5.26 Å². The Balaban J connectivity index is 2.85. The van der Waals surface area contributed by atoms with Crippen molar-refractivity contribution in [3.05, 3.63) is 36.8 Å². The Hall–Kier alpha value is -1.49. The van der Waals surface area contributed by atoms with E-state index in [4.69, 9.17) is 10.00 Å². The Labute approximate surface area is 66.0 Å². The summed E-state index contributed by atoms with van der Waals surface area (Å²) in [4.78, 5) is 0. The molecule has 0 saturated carbocycles. The third-order valence-corrected chi connectivity index (χ3v) is 1.23. The number of nitrogens with zero attached hydrogens (tertiary/aromatic N) is 1. The highest BCUT2D eigenvalue weighted by Gasteiger charge is 1.92. The van der Waals surface area contributed by atoms with E-state index >= 15 is 0 Å². The van der Waals surface area contributed by atoms with E-state index in [9.17, 15) is 0 Å².